The number of rotatable bonds is 11. The van der Waals surface area contributed by atoms with Crippen LogP contribution in [0.5, 0.6) is 0 Å². The second-order valence-electron chi connectivity index (χ2n) is 9.70. The third-order valence-corrected chi connectivity index (χ3v) is 7.77. The van der Waals surface area contributed by atoms with Crippen LogP contribution >= 0.6 is 22.6 Å². The van der Waals surface area contributed by atoms with Crippen molar-refractivity contribution < 1.29 is 24.8 Å². The zero-order valence-electron chi connectivity index (χ0n) is 24.4. The van der Waals surface area contributed by atoms with Crippen molar-refractivity contribution in [3.05, 3.63) is 54.1 Å². The van der Waals surface area contributed by atoms with Gasteiger partial charge in [-0.15, -0.1) is 0 Å². The number of piperidine rings is 1. The first-order valence-corrected chi connectivity index (χ1v) is 17.4. The van der Waals surface area contributed by atoms with E-state index < -0.39 is 39.6 Å². The van der Waals surface area contributed by atoms with Crippen LogP contribution < -0.4 is 10.0 Å². The predicted molar refractivity (Wildman–Crippen MR) is 171 cm³/mol. The molecular formula is C28H48F2IN5O3S. The van der Waals surface area contributed by atoms with Crippen molar-refractivity contribution in [1.82, 2.24) is 24.9 Å². The molecular weight excluding hydrogens is 651 g/mol. The Hall–Kier alpha value is -2.06. The summed E-state index contributed by atoms with van der Waals surface area (Å²) in [5.41, 5.74) is 1.18. The van der Waals surface area contributed by atoms with Crippen LogP contribution in [0.4, 0.5) is 8.78 Å². The Morgan fingerprint density at radius 3 is 2.38 bits per heavy atom. The number of likely N-dealkylation sites (tertiary alicyclic amines) is 1. The quantitative estimate of drug-likeness (QED) is 0.185. The number of nitrogens with one attached hydrogen (secondary N) is 3. The standard InChI is InChI=1S/C25H35F2N5O3S.C2H6.CH3I.2H2/c1-16(2)15-36(34,35)31-22(12-17(3)32-10-6-5-7-11-32)25(33)29-18(4)24-28-14-23(30-24)20-9-8-19(26)13-21(20)27;2*1-2;;/h8-9,13-14,16,18,22,31H,3,5-7,10-12,15H2,1-2,4H3,(H,28,30)(H,29,33);1-2H3;1H3;2*1H/t18-,22-;;;;/m0..../s1. The molecule has 12 heteroatoms. The summed E-state index contributed by atoms with van der Waals surface area (Å²) in [7, 11) is -3.71. The molecule has 1 aliphatic heterocycles. The molecule has 8 nitrogen and oxygen atoms in total. The third kappa shape index (κ3) is 11.4. The van der Waals surface area contributed by atoms with Gasteiger partial charge in [0.15, 0.2) is 0 Å². The van der Waals surface area contributed by atoms with Crippen molar-refractivity contribution in [3.8, 4) is 11.3 Å². The number of amides is 1. The van der Waals surface area contributed by atoms with Gasteiger partial charge in [-0.25, -0.2) is 26.9 Å². The molecule has 2 heterocycles. The van der Waals surface area contributed by atoms with E-state index >= 15 is 0 Å². The number of aromatic nitrogens is 2. The lowest BCUT2D eigenvalue weighted by Crippen LogP contribution is -2.49. The fourth-order valence-corrected chi connectivity index (χ4v) is 5.85. The number of halogens is 3. The molecule has 1 saturated heterocycles. The lowest BCUT2D eigenvalue weighted by atomic mass is 10.1. The molecule has 0 aliphatic carbocycles. The zero-order valence-corrected chi connectivity index (χ0v) is 27.3. The zero-order chi connectivity index (χ0) is 30.5. The highest BCUT2D eigenvalue weighted by atomic mass is 127. The van der Waals surface area contributed by atoms with E-state index in [1.807, 2.05) is 18.8 Å². The van der Waals surface area contributed by atoms with Crippen LogP contribution in [0.3, 0.4) is 0 Å². The van der Waals surface area contributed by atoms with Crippen LogP contribution in [0, 0.1) is 17.6 Å². The third-order valence-electron chi connectivity index (χ3n) is 6.02. The van der Waals surface area contributed by atoms with E-state index in [1.54, 1.807) is 20.8 Å². The van der Waals surface area contributed by atoms with Crippen molar-refractivity contribution in [2.45, 2.75) is 72.4 Å². The Bertz CT molecular complexity index is 1200. The van der Waals surface area contributed by atoms with Crippen LogP contribution in [-0.4, -0.2) is 59.0 Å². The van der Waals surface area contributed by atoms with Gasteiger partial charge >= 0.3 is 0 Å². The molecule has 0 bridgehead atoms. The highest BCUT2D eigenvalue weighted by Crippen LogP contribution is 2.23. The normalized spacial score (nSPS) is 14.8. The summed E-state index contributed by atoms with van der Waals surface area (Å²) in [6, 6.07) is 1.55. The van der Waals surface area contributed by atoms with Gasteiger partial charge in [0.05, 0.1) is 23.7 Å². The van der Waals surface area contributed by atoms with E-state index in [0.717, 1.165) is 44.5 Å². The first kappa shape index (κ1) is 36.0. The SMILES string of the molecule is C=C(C[C@H](NS(=O)(=O)CC(C)C)C(=O)N[C@@H](C)c1ncc(-c2ccc(F)cc2F)[nH]1)N1CCCCC1.CC.CI.[HH].[HH]. The number of aromatic amines is 1. The molecule has 0 radical (unpaired) electrons. The summed E-state index contributed by atoms with van der Waals surface area (Å²) >= 11 is 2.15. The number of H-pyrrole nitrogens is 1. The average molecular weight is 700 g/mol. The molecule has 230 valence electrons. The van der Waals surface area contributed by atoms with Crippen LogP contribution in [0.25, 0.3) is 11.3 Å². The minimum Gasteiger partial charge on any atom is -0.375 e. The van der Waals surface area contributed by atoms with Crippen LogP contribution in [0.1, 0.15) is 75.0 Å². The van der Waals surface area contributed by atoms with Gasteiger partial charge in [-0.2, -0.15) is 0 Å². The molecule has 0 unspecified atom stereocenters. The fourth-order valence-electron chi connectivity index (χ4n) is 4.25. The summed E-state index contributed by atoms with van der Waals surface area (Å²) < 4.78 is 55.3. The molecule has 0 spiro atoms. The molecule has 0 saturated carbocycles. The van der Waals surface area contributed by atoms with Gasteiger partial charge in [-0.1, -0.05) is 56.9 Å². The number of carbonyl (C=O) groups excluding carboxylic acids is 1. The minimum atomic E-state index is -3.71. The highest BCUT2D eigenvalue weighted by molar-refractivity contribution is 14.1. The Morgan fingerprint density at radius 2 is 1.80 bits per heavy atom. The van der Waals surface area contributed by atoms with Crippen molar-refractivity contribution in [2.75, 3.05) is 23.8 Å². The van der Waals surface area contributed by atoms with Gasteiger partial charge in [0.1, 0.15) is 23.5 Å². The molecule has 2 atom stereocenters. The number of imidazole rings is 1. The number of carbonyl (C=O) groups is 1. The summed E-state index contributed by atoms with van der Waals surface area (Å²) in [4.78, 5) is 24.5. The number of nitrogens with zero attached hydrogens (tertiary/aromatic N) is 2. The molecule has 40 heavy (non-hydrogen) atoms. The lowest BCUT2D eigenvalue weighted by molar-refractivity contribution is -0.123. The molecule has 2 aromatic rings. The van der Waals surface area contributed by atoms with E-state index in [-0.39, 0.29) is 26.5 Å². The first-order valence-electron chi connectivity index (χ1n) is 13.6. The van der Waals surface area contributed by atoms with E-state index in [4.69, 9.17) is 0 Å². The summed E-state index contributed by atoms with van der Waals surface area (Å²) in [5, 5.41) is 2.80. The molecule has 1 aromatic carbocycles. The van der Waals surface area contributed by atoms with E-state index in [1.165, 1.54) is 12.3 Å². The second-order valence-corrected chi connectivity index (χ2v) is 11.5. The molecule has 3 N–H and O–H groups in total. The Kier molecular flexibility index (Phi) is 15.9. The lowest BCUT2D eigenvalue weighted by Gasteiger charge is -2.32. The summed E-state index contributed by atoms with van der Waals surface area (Å²) in [6.07, 6.45) is 4.73. The van der Waals surface area contributed by atoms with Crippen molar-refractivity contribution in [1.29, 1.82) is 0 Å². The maximum absolute atomic E-state index is 14.2. The van der Waals surface area contributed by atoms with Gasteiger partial charge in [-0.05, 0) is 49.2 Å². The van der Waals surface area contributed by atoms with Gasteiger partial charge in [0.2, 0.25) is 15.9 Å². The van der Waals surface area contributed by atoms with Crippen LogP contribution in [0.2, 0.25) is 0 Å². The van der Waals surface area contributed by atoms with E-state index in [2.05, 4.69) is 54.1 Å². The van der Waals surface area contributed by atoms with Gasteiger partial charge in [-0.3, -0.25) is 4.79 Å². The number of alkyl halides is 1. The molecule has 1 amide bonds. The van der Waals surface area contributed by atoms with Crippen molar-refractivity contribution in [2.24, 2.45) is 5.92 Å². The van der Waals surface area contributed by atoms with Gasteiger partial charge < -0.3 is 15.2 Å². The van der Waals surface area contributed by atoms with Gasteiger partial charge in [0.25, 0.3) is 0 Å². The van der Waals surface area contributed by atoms with E-state index in [9.17, 15) is 22.0 Å². The first-order chi connectivity index (χ1) is 18.9. The Labute approximate surface area is 255 Å². The molecule has 1 fully saturated rings. The largest absolute Gasteiger partial charge is 0.375 e. The summed E-state index contributed by atoms with van der Waals surface area (Å²) in [5.74, 6) is -1.80. The highest BCUT2D eigenvalue weighted by Gasteiger charge is 2.29. The predicted octanol–water partition coefficient (Wildman–Crippen LogP) is 6.44. The number of hydrogen-bond donors (Lipinski definition) is 3. The van der Waals surface area contributed by atoms with Crippen molar-refractivity contribution >= 4 is 38.5 Å². The smallest absolute Gasteiger partial charge is 0.239 e. The van der Waals surface area contributed by atoms with Crippen molar-refractivity contribution in [3.63, 3.8) is 0 Å². The molecule has 3 rings (SSSR count). The summed E-state index contributed by atoms with van der Waals surface area (Å²) in [6.45, 7) is 15.0. The number of hydrogen-bond acceptors (Lipinski definition) is 5. The second kappa shape index (κ2) is 17.7. The maximum atomic E-state index is 14.2. The Morgan fingerprint density at radius 1 is 1.18 bits per heavy atom. The van der Waals surface area contributed by atoms with E-state index in [0.29, 0.717) is 17.2 Å². The monoisotopic (exact) mass is 699 g/mol. The maximum Gasteiger partial charge on any atom is 0.239 e. The topological polar surface area (TPSA) is 107 Å². The minimum absolute atomic E-state index is 0. The van der Waals surface area contributed by atoms with Crippen LogP contribution in [-0.2, 0) is 14.8 Å². The molecule has 1 aliphatic rings. The Balaban J connectivity index is 0. The molecule has 1 aromatic heterocycles. The van der Waals surface area contributed by atoms with Gasteiger partial charge in [0, 0.05) is 39.7 Å². The number of benzene rings is 1. The van der Waals surface area contributed by atoms with Crippen LogP contribution in [0.15, 0.2) is 36.7 Å². The average Bonchev–Trinajstić information content (AvgIpc) is 3.40. The number of sulfonamides is 1. The fraction of sp³-hybridized carbons (Fsp3) is 0.571.